The second-order valence-corrected chi connectivity index (χ2v) is 4.69. The summed E-state index contributed by atoms with van der Waals surface area (Å²) >= 11 is 0. The molecule has 0 aliphatic heterocycles. The lowest BCUT2D eigenvalue weighted by molar-refractivity contribution is -0.123. The van der Waals surface area contributed by atoms with Gasteiger partial charge in [0.1, 0.15) is 0 Å². The Labute approximate surface area is 107 Å². The van der Waals surface area contributed by atoms with Gasteiger partial charge in [-0.25, -0.2) is 0 Å². The summed E-state index contributed by atoms with van der Waals surface area (Å²) in [6.45, 7) is 2.79. The van der Waals surface area contributed by atoms with E-state index in [-0.39, 0.29) is 12.5 Å². The van der Waals surface area contributed by atoms with Gasteiger partial charge in [0.15, 0.2) is 18.1 Å². The summed E-state index contributed by atoms with van der Waals surface area (Å²) in [6, 6.07) is 5.64. The first-order valence-electron chi connectivity index (χ1n) is 6.23. The van der Waals surface area contributed by atoms with Crippen molar-refractivity contribution >= 4 is 5.91 Å². The second-order valence-electron chi connectivity index (χ2n) is 4.69. The molecule has 0 aromatic heterocycles. The van der Waals surface area contributed by atoms with E-state index in [4.69, 9.17) is 9.47 Å². The van der Waals surface area contributed by atoms with Crippen molar-refractivity contribution in [2.75, 3.05) is 20.3 Å². The molecular formula is C14H19NO3. The molecule has 1 aromatic rings. The Kier molecular flexibility index (Phi) is 4.07. The number of carbonyl (C=O) groups excluding carboxylic acids is 1. The van der Waals surface area contributed by atoms with Crippen LogP contribution in [0.4, 0.5) is 0 Å². The summed E-state index contributed by atoms with van der Waals surface area (Å²) in [7, 11) is 1.59. The third-order valence-corrected chi connectivity index (χ3v) is 2.96. The Morgan fingerprint density at radius 1 is 1.39 bits per heavy atom. The lowest BCUT2D eigenvalue weighted by Gasteiger charge is -2.11. The van der Waals surface area contributed by atoms with Crippen LogP contribution in [0.25, 0.3) is 0 Å². The Morgan fingerprint density at radius 3 is 2.83 bits per heavy atom. The number of nitrogens with one attached hydrogen (secondary N) is 1. The summed E-state index contributed by atoms with van der Waals surface area (Å²) in [5.41, 5.74) is 1.09. The third-order valence-electron chi connectivity index (χ3n) is 2.96. The van der Waals surface area contributed by atoms with Gasteiger partial charge in [0.05, 0.1) is 7.11 Å². The molecule has 2 rings (SSSR count). The Morgan fingerprint density at radius 2 is 2.17 bits per heavy atom. The fourth-order valence-electron chi connectivity index (χ4n) is 1.67. The first-order chi connectivity index (χ1) is 8.69. The van der Waals surface area contributed by atoms with Crippen molar-refractivity contribution in [2.24, 2.45) is 5.92 Å². The molecule has 0 radical (unpaired) electrons. The van der Waals surface area contributed by atoms with Crippen molar-refractivity contribution in [2.45, 2.75) is 19.8 Å². The molecular weight excluding hydrogens is 230 g/mol. The van der Waals surface area contributed by atoms with Crippen LogP contribution in [-0.4, -0.2) is 26.2 Å². The maximum atomic E-state index is 11.5. The number of hydrogen-bond donors (Lipinski definition) is 1. The molecule has 4 nitrogen and oxygen atoms in total. The first-order valence-corrected chi connectivity index (χ1v) is 6.23. The molecule has 1 aliphatic carbocycles. The molecule has 0 atom stereocenters. The van der Waals surface area contributed by atoms with Gasteiger partial charge < -0.3 is 14.8 Å². The van der Waals surface area contributed by atoms with Crippen LogP contribution in [0.15, 0.2) is 18.2 Å². The van der Waals surface area contributed by atoms with Crippen molar-refractivity contribution in [1.29, 1.82) is 0 Å². The molecule has 0 unspecified atom stereocenters. The van der Waals surface area contributed by atoms with E-state index >= 15 is 0 Å². The van der Waals surface area contributed by atoms with E-state index in [0.29, 0.717) is 17.4 Å². The number of aryl methyl sites for hydroxylation is 1. The van der Waals surface area contributed by atoms with Crippen LogP contribution in [0, 0.1) is 12.8 Å². The molecule has 1 N–H and O–H groups in total. The minimum atomic E-state index is -0.0791. The van der Waals surface area contributed by atoms with Gasteiger partial charge in [0, 0.05) is 6.54 Å². The SMILES string of the molecule is COc1cc(C)ccc1OCC(=O)NCC1CC1. The lowest BCUT2D eigenvalue weighted by Crippen LogP contribution is -2.30. The summed E-state index contributed by atoms with van der Waals surface area (Å²) < 4.78 is 10.7. The number of benzene rings is 1. The summed E-state index contributed by atoms with van der Waals surface area (Å²) in [4.78, 5) is 11.5. The van der Waals surface area contributed by atoms with Crippen molar-refractivity contribution in [3.8, 4) is 11.5 Å². The third kappa shape index (κ3) is 3.65. The summed E-state index contributed by atoms with van der Waals surface area (Å²) in [5.74, 6) is 1.86. The zero-order valence-corrected chi connectivity index (χ0v) is 10.9. The lowest BCUT2D eigenvalue weighted by atomic mass is 10.2. The van der Waals surface area contributed by atoms with Crippen LogP contribution in [-0.2, 0) is 4.79 Å². The molecule has 0 heterocycles. The van der Waals surface area contributed by atoms with E-state index in [9.17, 15) is 4.79 Å². The molecule has 1 saturated carbocycles. The zero-order chi connectivity index (χ0) is 13.0. The molecule has 1 amide bonds. The second kappa shape index (κ2) is 5.76. The highest BCUT2D eigenvalue weighted by Crippen LogP contribution is 2.28. The zero-order valence-electron chi connectivity index (χ0n) is 10.9. The van der Waals surface area contributed by atoms with Crippen molar-refractivity contribution in [3.05, 3.63) is 23.8 Å². The smallest absolute Gasteiger partial charge is 0.257 e. The van der Waals surface area contributed by atoms with Gasteiger partial charge in [-0.05, 0) is 43.4 Å². The van der Waals surface area contributed by atoms with Gasteiger partial charge in [-0.15, -0.1) is 0 Å². The quantitative estimate of drug-likeness (QED) is 0.837. The van der Waals surface area contributed by atoms with E-state index in [2.05, 4.69) is 5.32 Å². The maximum absolute atomic E-state index is 11.5. The molecule has 0 saturated heterocycles. The van der Waals surface area contributed by atoms with Gasteiger partial charge in [0.2, 0.25) is 0 Å². The molecule has 4 heteroatoms. The largest absolute Gasteiger partial charge is 0.493 e. The topological polar surface area (TPSA) is 47.6 Å². The fourth-order valence-corrected chi connectivity index (χ4v) is 1.67. The maximum Gasteiger partial charge on any atom is 0.257 e. The molecule has 1 aromatic carbocycles. The Balaban J connectivity index is 1.82. The van der Waals surface area contributed by atoms with Crippen molar-refractivity contribution in [3.63, 3.8) is 0 Å². The van der Waals surface area contributed by atoms with Crippen molar-refractivity contribution in [1.82, 2.24) is 5.32 Å². The summed E-state index contributed by atoms with van der Waals surface area (Å²) in [5, 5.41) is 2.86. The summed E-state index contributed by atoms with van der Waals surface area (Å²) in [6.07, 6.45) is 2.46. The average molecular weight is 249 g/mol. The number of ether oxygens (including phenoxy) is 2. The van der Waals surface area contributed by atoms with E-state index in [1.807, 2.05) is 25.1 Å². The highest BCUT2D eigenvalue weighted by atomic mass is 16.5. The van der Waals surface area contributed by atoms with Crippen LogP contribution in [0.1, 0.15) is 18.4 Å². The molecule has 0 bridgehead atoms. The standard InChI is InChI=1S/C14H19NO3/c1-10-3-6-12(13(7-10)17-2)18-9-14(16)15-8-11-4-5-11/h3,6-7,11H,4-5,8-9H2,1-2H3,(H,15,16). The van der Waals surface area contributed by atoms with Gasteiger partial charge in [-0.3, -0.25) is 4.79 Å². The van der Waals surface area contributed by atoms with E-state index < -0.39 is 0 Å². The predicted octanol–water partition coefficient (Wildman–Crippen LogP) is 1.91. The number of rotatable bonds is 6. The highest BCUT2D eigenvalue weighted by molar-refractivity contribution is 5.77. The van der Waals surface area contributed by atoms with Crippen LogP contribution >= 0.6 is 0 Å². The number of methoxy groups -OCH3 is 1. The van der Waals surface area contributed by atoms with E-state index in [1.54, 1.807) is 7.11 Å². The number of carbonyl (C=O) groups is 1. The van der Waals surface area contributed by atoms with Gasteiger partial charge in [-0.2, -0.15) is 0 Å². The molecule has 1 fully saturated rings. The first kappa shape index (κ1) is 12.7. The Bertz CT molecular complexity index is 427. The number of amides is 1. The monoisotopic (exact) mass is 249 g/mol. The number of hydrogen-bond acceptors (Lipinski definition) is 3. The van der Waals surface area contributed by atoms with E-state index in [0.717, 1.165) is 12.1 Å². The minimum Gasteiger partial charge on any atom is -0.493 e. The van der Waals surface area contributed by atoms with Crippen LogP contribution < -0.4 is 14.8 Å². The van der Waals surface area contributed by atoms with Gasteiger partial charge >= 0.3 is 0 Å². The van der Waals surface area contributed by atoms with Gasteiger partial charge in [-0.1, -0.05) is 6.07 Å². The van der Waals surface area contributed by atoms with Crippen LogP contribution in [0.3, 0.4) is 0 Å². The normalized spacial score (nSPS) is 14.1. The van der Waals surface area contributed by atoms with Crippen LogP contribution in [0.5, 0.6) is 11.5 Å². The Hall–Kier alpha value is -1.71. The molecule has 0 spiro atoms. The molecule has 18 heavy (non-hydrogen) atoms. The minimum absolute atomic E-state index is 0.0339. The predicted molar refractivity (Wildman–Crippen MR) is 69.0 cm³/mol. The van der Waals surface area contributed by atoms with Crippen LogP contribution in [0.2, 0.25) is 0 Å². The average Bonchev–Trinajstić information content (AvgIpc) is 3.18. The van der Waals surface area contributed by atoms with Crippen molar-refractivity contribution < 1.29 is 14.3 Å². The highest BCUT2D eigenvalue weighted by Gasteiger charge is 2.21. The van der Waals surface area contributed by atoms with E-state index in [1.165, 1.54) is 12.8 Å². The van der Waals surface area contributed by atoms with Gasteiger partial charge in [0.25, 0.3) is 5.91 Å². The molecule has 1 aliphatic rings. The molecule has 98 valence electrons. The fraction of sp³-hybridized carbons (Fsp3) is 0.500.